The van der Waals surface area contributed by atoms with Gasteiger partial charge in [-0.25, -0.2) is 8.42 Å². The molecule has 1 aliphatic rings. The molecular weight excluding hydrogens is 409 g/mol. The Morgan fingerprint density at radius 2 is 1.85 bits per heavy atom. The summed E-state index contributed by atoms with van der Waals surface area (Å²) in [6, 6.07) is 7.85. The number of hydrogen-bond acceptors (Lipinski definition) is 4. The van der Waals surface area contributed by atoms with Gasteiger partial charge in [0.25, 0.3) is 5.91 Å². The van der Waals surface area contributed by atoms with Crippen LogP contribution in [0.25, 0.3) is 0 Å². The van der Waals surface area contributed by atoms with Gasteiger partial charge >= 0.3 is 0 Å². The topological polar surface area (TPSA) is 79.4 Å². The molecule has 0 radical (unpaired) electrons. The number of amides is 1. The molecule has 144 valence electrons. The summed E-state index contributed by atoms with van der Waals surface area (Å²) in [6.07, 6.45) is 4.25. The molecule has 2 heterocycles. The van der Waals surface area contributed by atoms with E-state index in [0.29, 0.717) is 48.1 Å². The molecule has 0 bridgehead atoms. The van der Waals surface area contributed by atoms with Crippen molar-refractivity contribution >= 4 is 39.1 Å². The van der Waals surface area contributed by atoms with Gasteiger partial charge in [-0.3, -0.25) is 9.78 Å². The monoisotopic (exact) mass is 427 g/mol. The van der Waals surface area contributed by atoms with E-state index in [0.717, 1.165) is 0 Å². The number of nitrogens with one attached hydrogen (secondary N) is 1. The van der Waals surface area contributed by atoms with E-state index in [1.807, 2.05) is 0 Å². The molecule has 0 spiro atoms. The third-order valence-corrected chi connectivity index (χ3v) is 6.84. The number of carbonyl (C=O) groups is 1. The van der Waals surface area contributed by atoms with Crippen molar-refractivity contribution in [3.05, 3.63) is 58.3 Å². The molecule has 6 nitrogen and oxygen atoms in total. The summed E-state index contributed by atoms with van der Waals surface area (Å²) in [5.41, 5.74) is 0.407. The van der Waals surface area contributed by atoms with Crippen LogP contribution in [0.1, 0.15) is 23.2 Å². The van der Waals surface area contributed by atoms with Crippen molar-refractivity contribution in [2.75, 3.05) is 19.6 Å². The predicted octanol–water partition coefficient (Wildman–Crippen LogP) is 3.22. The van der Waals surface area contributed by atoms with Crippen LogP contribution in [0, 0.1) is 5.92 Å². The van der Waals surface area contributed by atoms with Crippen molar-refractivity contribution in [2.24, 2.45) is 5.92 Å². The van der Waals surface area contributed by atoms with E-state index in [4.69, 9.17) is 23.2 Å². The summed E-state index contributed by atoms with van der Waals surface area (Å²) in [5, 5.41) is 3.68. The average molecular weight is 428 g/mol. The fourth-order valence-electron chi connectivity index (χ4n) is 3.03. The highest BCUT2D eigenvalue weighted by atomic mass is 35.5. The van der Waals surface area contributed by atoms with Crippen molar-refractivity contribution in [3.8, 4) is 0 Å². The molecule has 2 aromatic rings. The summed E-state index contributed by atoms with van der Waals surface area (Å²) in [5.74, 6) is -0.0336. The van der Waals surface area contributed by atoms with Crippen LogP contribution in [-0.2, 0) is 10.0 Å². The standard InChI is InChI=1S/C18H19Cl2N3O3S/c19-15-8-14(9-16(20)10-15)18(24)22-11-13-3-6-23(7-4-13)27(25,26)17-2-1-5-21-12-17/h1-2,5,8-10,12-13H,3-4,6-7,11H2,(H,22,24). The largest absolute Gasteiger partial charge is 0.352 e. The molecule has 1 aromatic heterocycles. The number of rotatable bonds is 5. The Morgan fingerprint density at radius 1 is 1.19 bits per heavy atom. The van der Waals surface area contributed by atoms with Crippen LogP contribution < -0.4 is 5.32 Å². The maximum Gasteiger partial charge on any atom is 0.251 e. The minimum absolute atomic E-state index is 0.203. The summed E-state index contributed by atoms with van der Waals surface area (Å²) in [6.45, 7) is 1.31. The van der Waals surface area contributed by atoms with Crippen LogP contribution in [-0.4, -0.2) is 43.2 Å². The Balaban J connectivity index is 1.53. The normalized spacial score (nSPS) is 16.2. The van der Waals surface area contributed by atoms with Gasteiger partial charge in [0.05, 0.1) is 0 Å². The summed E-state index contributed by atoms with van der Waals surface area (Å²) < 4.78 is 26.7. The highest BCUT2D eigenvalue weighted by molar-refractivity contribution is 7.89. The number of nitrogens with zero attached hydrogens (tertiary/aromatic N) is 2. The van der Waals surface area contributed by atoms with E-state index in [2.05, 4.69) is 10.3 Å². The maximum absolute atomic E-state index is 12.6. The lowest BCUT2D eigenvalue weighted by atomic mass is 9.98. The van der Waals surface area contributed by atoms with Crippen LogP contribution in [0.3, 0.4) is 0 Å². The molecule has 1 aromatic carbocycles. The number of aromatic nitrogens is 1. The molecule has 27 heavy (non-hydrogen) atoms. The van der Waals surface area contributed by atoms with Gasteiger partial charge in [0.1, 0.15) is 4.90 Å². The van der Waals surface area contributed by atoms with Crippen molar-refractivity contribution < 1.29 is 13.2 Å². The maximum atomic E-state index is 12.6. The molecule has 0 unspecified atom stereocenters. The molecule has 1 aliphatic heterocycles. The molecule has 9 heteroatoms. The Hall–Kier alpha value is -1.67. The molecule has 3 rings (SSSR count). The number of hydrogen-bond donors (Lipinski definition) is 1. The number of pyridine rings is 1. The van der Waals surface area contributed by atoms with E-state index in [-0.39, 0.29) is 16.7 Å². The first kappa shape index (κ1) is 20.1. The van der Waals surface area contributed by atoms with Crippen LogP contribution in [0.4, 0.5) is 0 Å². The molecule has 0 saturated carbocycles. The SMILES string of the molecule is O=C(NCC1CCN(S(=O)(=O)c2cccnc2)CC1)c1cc(Cl)cc(Cl)c1. The Morgan fingerprint density at radius 3 is 2.44 bits per heavy atom. The molecule has 0 atom stereocenters. The minimum Gasteiger partial charge on any atom is -0.352 e. The minimum atomic E-state index is -3.52. The fraction of sp³-hybridized carbons (Fsp3) is 0.333. The molecule has 1 fully saturated rings. The van der Waals surface area contributed by atoms with Gasteiger partial charge in [-0.05, 0) is 49.1 Å². The molecular formula is C18H19Cl2N3O3S. The van der Waals surface area contributed by atoms with Crippen LogP contribution >= 0.6 is 23.2 Å². The van der Waals surface area contributed by atoms with Crippen molar-refractivity contribution in [3.63, 3.8) is 0 Å². The lowest BCUT2D eigenvalue weighted by molar-refractivity contribution is 0.0941. The van der Waals surface area contributed by atoms with Gasteiger partial charge in [0, 0.05) is 47.6 Å². The summed E-state index contributed by atoms with van der Waals surface area (Å²) in [7, 11) is -3.52. The van der Waals surface area contributed by atoms with Crippen LogP contribution in [0.2, 0.25) is 10.0 Å². The Kier molecular flexibility index (Phi) is 6.37. The molecule has 1 saturated heterocycles. The van der Waals surface area contributed by atoms with Gasteiger partial charge < -0.3 is 5.32 Å². The van der Waals surface area contributed by atoms with Crippen molar-refractivity contribution in [1.29, 1.82) is 0 Å². The summed E-state index contributed by atoms with van der Waals surface area (Å²) in [4.78, 5) is 16.3. The highest BCUT2D eigenvalue weighted by Gasteiger charge is 2.29. The van der Waals surface area contributed by atoms with E-state index >= 15 is 0 Å². The average Bonchev–Trinajstić information content (AvgIpc) is 2.66. The van der Waals surface area contributed by atoms with Gasteiger partial charge in [0.2, 0.25) is 10.0 Å². The second kappa shape index (κ2) is 8.56. The first-order chi connectivity index (χ1) is 12.9. The van der Waals surface area contributed by atoms with Gasteiger partial charge in [-0.15, -0.1) is 0 Å². The van der Waals surface area contributed by atoms with Crippen LogP contribution in [0.15, 0.2) is 47.6 Å². The third-order valence-electron chi connectivity index (χ3n) is 4.52. The van der Waals surface area contributed by atoms with Gasteiger partial charge in [-0.1, -0.05) is 23.2 Å². The van der Waals surface area contributed by atoms with Gasteiger partial charge in [-0.2, -0.15) is 4.31 Å². The highest BCUT2D eigenvalue weighted by Crippen LogP contribution is 2.23. The zero-order valence-corrected chi connectivity index (χ0v) is 16.8. The number of halogens is 2. The second-order valence-corrected chi connectivity index (χ2v) is 9.22. The fourth-order valence-corrected chi connectivity index (χ4v) is 4.99. The van der Waals surface area contributed by atoms with E-state index in [1.165, 1.54) is 10.5 Å². The smallest absolute Gasteiger partial charge is 0.251 e. The number of sulfonamides is 1. The van der Waals surface area contributed by atoms with Crippen LogP contribution in [0.5, 0.6) is 0 Å². The first-order valence-corrected chi connectivity index (χ1v) is 10.7. The predicted molar refractivity (Wildman–Crippen MR) is 105 cm³/mol. The Labute approximate surface area is 168 Å². The summed E-state index contributed by atoms with van der Waals surface area (Å²) >= 11 is 11.8. The number of benzene rings is 1. The van der Waals surface area contributed by atoms with E-state index in [9.17, 15) is 13.2 Å². The number of carbonyl (C=O) groups excluding carboxylic acids is 1. The molecule has 1 N–H and O–H groups in total. The zero-order valence-electron chi connectivity index (χ0n) is 14.4. The van der Waals surface area contributed by atoms with E-state index in [1.54, 1.807) is 36.5 Å². The van der Waals surface area contributed by atoms with E-state index < -0.39 is 10.0 Å². The zero-order chi connectivity index (χ0) is 19.4. The van der Waals surface area contributed by atoms with Gasteiger partial charge in [0.15, 0.2) is 0 Å². The number of piperidine rings is 1. The second-order valence-electron chi connectivity index (χ2n) is 6.40. The van der Waals surface area contributed by atoms with Crippen molar-refractivity contribution in [2.45, 2.75) is 17.7 Å². The molecule has 1 amide bonds. The third kappa shape index (κ3) is 4.99. The quantitative estimate of drug-likeness (QED) is 0.793. The Bertz CT molecular complexity index is 894. The van der Waals surface area contributed by atoms with Crippen molar-refractivity contribution in [1.82, 2.24) is 14.6 Å². The first-order valence-electron chi connectivity index (χ1n) is 8.51. The molecule has 0 aliphatic carbocycles. The lowest BCUT2D eigenvalue weighted by Gasteiger charge is -2.31. The lowest BCUT2D eigenvalue weighted by Crippen LogP contribution is -2.41.